The highest BCUT2D eigenvalue weighted by atomic mass is 35.5. The predicted octanol–water partition coefficient (Wildman–Crippen LogP) is 2.26. The normalized spacial score (nSPS) is 9.31. The van der Waals surface area contributed by atoms with Gasteiger partial charge in [0.05, 0.1) is 10.6 Å². The molecule has 1 amide bonds. The quantitative estimate of drug-likeness (QED) is 0.735. The minimum atomic E-state index is -0.175. The number of nitrogens with one attached hydrogen (secondary N) is 1. The van der Waals surface area contributed by atoms with E-state index >= 15 is 0 Å². The second-order valence-electron chi connectivity index (χ2n) is 2.48. The van der Waals surface area contributed by atoms with Crippen molar-refractivity contribution in [1.82, 2.24) is 5.32 Å². The molecule has 0 bridgehead atoms. The molecular formula is C10H10ClNO. The van der Waals surface area contributed by atoms with Gasteiger partial charge in [-0.25, -0.2) is 0 Å². The third-order valence-corrected chi connectivity index (χ3v) is 1.86. The fourth-order valence-corrected chi connectivity index (χ4v) is 1.13. The lowest BCUT2D eigenvalue weighted by Crippen LogP contribution is -2.23. The van der Waals surface area contributed by atoms with Crippen molar-refractivity contribution in [2.75, 3.05) is 6.54 Å². The summed E-state index contributed by atoms with van der Waals surface area (Å²) in [6.45, 7) is 3.95. The van der Waals surface area contributed by atoms with Crippen molar-refractivity contribution in [3.63, 3.8) is 0 Å². The molecular weight excluding hydrogens is 185 g/mol. The summed E-state index contributed by atoms with van der Waals surface area (Å²) in [7, 11) is 0. The molecule has 1 aromatic carbocycles. The van der Waals surface area contributed by atoms with Gasteiger partial charge in [-0.05, 0) is 12.1 Å². The minimum Gasteiger partial charge on any atom is -0.349 e. The first kappa shape index (κ1) is 9.81. The zero-order valence-electron chi connectivity index (χ0n) is 7.09. The Morgan fingerprint density at radius 1 is 1.54 bits per heavy atom. The van der Waals surface area contributed by atoms with Crippen molar-refractivity contribution in [3.8, 4) is 0 Å². The van der Waals surface area contributed by atoms with Crippen LogP contribution in [0.3, 0.4) is 0 Å². The molecule has 0 saturated carbocycles. The Bertz CT molecular complexity index is 322. The highest BCUT2D eigenvalue weighted by Gasteiger charge is 2.06. The van der Waals surface area contributed by atoms with Crippen LogP contribution in [0.2, 0.25) is 5.02 Å². The van der Waals surface area contributed by atoms with E-state index in [0.29, 0.717) is 17.1 Å². The van der Waals surface area contributed by atoms with Crippen LogP contribution < -0.4 is 5.32 Å². The van der Waals surface area contributed by atoms with E-state index in [0.717, 1.165) is 0 Å². The number of hydrogen-bond donors (Lipinski definition) is 1. The first-order valence-electron chi connectivity index (χ1n) is 3.89. The van der Waals surface area contributed by atoms with Crippen LogP contribution in [0.5, 0.6) is 0 Å². The average molecular weight is 195 g/mol. The summed E-state index contributed by atoms with van der Waals surface area (Å²) in [4.78, 5) is 11.4. The maximum Gasteiger partial charge on any atom is 0.253 e. The van der Waals surface area contributed by atoms with E-state index in [-0.39, 0.29) is 5.91 Å². The van der Waals surface area contributed by atoms with E-state index < -0.39 is 0 Å². The van der Waals surface area contributed by atoms with Gasteiger partial charge in [0.25, 0.3) is 5.91 Å². The molecule has 0 aliphatic carbocycles. The van der Waals surface area contributed by atoms with Gasteiger partial charge in [-0.1, -0.05) is 29.8 Å². The van der Waals surface area contributed by atoms with Crippen molar-refractivity contribution in [1.29, 1.82) is 0 Å². The van der Waals surface area contributed by atoms with Gasteiger partial charge in [0.15, 0.2) is 0 Å². The Labute approximate surface area is 82.2 Å². The number of amides is 1. The molecule has 3 heteroatoms. The van der Waals surface area contributed by atoms with Gasteiger partial charge >= 0.3 is 0 Å². The summed E-state index contributed by atoms with van der Waals surface area (Å²) < 4.78 is 0. The standard InChI is InChI=1S/C10H10ClNO/c1-2-7-12-10(13)8-5-3-4-6-9(8)11/h2-6H,1,7H2,(H,12,13)/i10-1. The second-order valence-corrected chi connectivity index (χ2v) is 2.89. The third-order valence-electron chi connectivity index (χ3n) is 1.53. The van der Waals surface area contributed by atoms with Crippen LogP contribution in [-0.2, 0) is 0 Å². The number of carbonyl (C=O) groups excluding carboxylic acids is 1. The molecule has 0 heterocycles. The summed E-state index contributed by atoms with van der Waals surface area (Å²) >= 11 is 5.81. The number of halogens is 1. The molecule has 0 spiro atoms. The third kappa shape index (κ3) is 2.60. The predicted molar refractivity (Wildman–Crippen MR) is 54.0 cm³/mol. The van der Waals surface area contributed by atoms with Crippen LogP contribution in [0.1, 0.15) is 10.4 Å². The maximum absolute atomic E-state index is 11.4. The smallest absolute Gasteiger partial charge is 0.253 e. The largest absolute Gasteiger partial charge is 0.349 e. The molecule has 1 aromatic rings. The summed E-state index contributed by atoms with van der Waals surface area (Å²) in [5.41, 5.74) is 0.492. The Morgan fingerprint density at radius 3 is 2.85 bits per heavy atom. The van der Waals surface area contributed by atoms with Crippen LogP contribution in [0, 0.1) is 0 Å². The SMILES string of the molecule is C=CCN[11C](=O)c1ccccc1Cl. The fraction of sp³-hybridized carbons (Fsp3) is 0.100. The summed E-state index contributed by atoms with van der Waals surface area (Å²) in [6.07, 6.45) is 1.62. The van der Waals surface area contributed by atoms with E-state index in [2.05, 4.69) is 11.9 Å². The molecule has 13 heavy (non-hydrogen) atoms. The molecule has 1 N–H and O–H groups in total. The van der Waals surface area contributed by atoms with Crippen LogP contribution in [0.25, 0.3) is 0 Å². The molecule has 1 rings (SSSR count). The Morgan fingerprint density at radius 2 is 2.23 bits per heavy atom. The molecule has 0 saturated heterocycles. The van der Waals surface area contributed by atoms with Crippen LogP contribution in [-0.4, -0.2) is 12.5 Å². The number of rotatable bonds is 3. The zero-order valence-corrected chi connectivity index (χ0v) is 7.84. The van der Waals surface area contributed by atoms with Crippen molar-refractivity contribution < 1.29 is 4.79 Å². The number of benzene rings is 1. The molecule has 0 radical (unpaired) electrons. The monoisotopic (exact) mass is 194 g/mol. The summed E-state index contributed by atoms with van der Waals surface area (Å²) in [6, 6.07) is 6.92. The van der Waals surface area contributed by atoms with Gasteiger partial charge in [0, 0.05) is 6.54 Å². The summed E-state index contributed by atoms with van der Waals surface area (Å²) in [5.74, 6) is -0.175. The second kappa shape index (κ2) is 4.67. The van der Waals surface area contributed by atoms with Gasteiger partial charge in [0.2, 0.25) is 0 Å². The first-order chi connectivity index (χ1) is 6.25. The topological polar surface area (TPSA) is 29.1 Å². The molecule has 0 aliphatic rings. The van der Waals surface area contributed by atoms with Crippen LogP contribution in [0.4, 0.5) is 0 Å². The molecule has 0 fully saturated rings. The van der Waals surface area contributed by atoms with E-state index in [4.69, 9.17) is 11.6 Å². The van der Waals surface area contributed by atoms with Crippen LogP contribution >= 0.6 is 11.6 Å². The van der Waals surface area contributed by atoms with E-state index in [9.17, 15) is 4.79 Å². The molecule has 2 nitrogen and oxygen atoms in total. The molecule has 0 unspecified atom stereocenters. The van der Waals surface area contributed by atoms with Crippen molar-refractivity contribution in [2.24, 2.45) is 0 Å². The van der Waals surface area contributed by atoms with Gasteiger partial charge in [-0.3, -0.25) is 4.79 Å². The van der Waals surface area contributed by atoms with Crippen molar-refractivity contribution in [3.05, 3.63) is 47.5 Å². The fourth-order valence-electron chi connectivity index (χ4n) is 0.905. The van der Waals surface area contributed by atoms with E-state index in [1.54, 1.807) is 30.3 Å². The summed E-state index contributed by atoms with van der Waals surface area (Å²) in [5, 5.41) is 3.11. The maximum atomic E-state index is 11.4. The average Bonchev–Trinajstić information content (AvgIpc) is 2.15. The number of carbonyl (C=O) groups is 1. The number of hydrogen-bond acceptors (Lipinski definition) is 1. The van der Waals surface area contributed by atoms with Gasteiger partial charge in [-0.2, -0.15) is 0 Å². The van der Waals surface area contributed by atoms with E-state index in [1.165, 1.54) is 0 Å². The van der Waals surface area contributed by atoms with Crippen molar-refractivity contribution >= 4 is 17.5 Å². The highest BCUT2D eigenvalue weighted by Crippen LogP contribution is 2.14. The van der Waals surface area contributed by atoms with Crippen molar-refractivity contribution in [2.45, 2.75) is 0 Å². The minimum absolute atomic E-state index is 0.175. The lowest BCUT2D eigenvalue weighted by Gasteiger charge is -2.03. The Hall–Kier alpha value is -1.28. The Kier molecular flexibility index (Phi) is 3.53. The lowest BCUT2D eigenvalue weighted by molar-refractivity contribution is 0.0958. The highest BCUT2D eigenvalue weighted by molar-refractivity contribution is 6.33. The molecule has 0 aromatic heterocycles. The van der Waals surface area contributed by atoms with Crippen LogP contribution in [0.15, 0.2) is 36.9 Å². The molecule has 0 atom stereocenters. The van der Waals surface area contributed by atoms with Gasteiger partial charge in [-0.15, -0.1) is 6.58 Å². The van der Waals surface area contributed by atoms with E-state index in [1.807, 2.05) is 0 Å². The zero-order chi connectivity index (χ0) is 9.68. The Balaban J connectivity index is 2.76. The van der Waals surface area contributed by atoms with Gasteiger partial charge < -0.3 is 5.32 Å². The first-order valence-corrected chi connectivity index (χ1v) is 4.27. The molecule has 68 valence electrons. The van der Waals surface area contributed by atoms with Gasteiger partial charge in [0.1, 0.15) is 0 Å². The molecule has 0 aliphatic heterocycles. The lowest BCUT2D eigenvalue weighted by atomic mass is 9.89.